The number of amides is 2. The van der Waals surface area contributed by atoms with Crippen molar-refractivity contribution in [2.45, 2.75) is 58.3 Å². The number of benzene rings is 1. The Labute approximate surface area is 176 Å². The maximum absolute atomic E-state index is 12.9. The van der Waals surface area contributed by atoms with E-state index in [1.807, 2.05) is 39.0 Å². The largest absolute Gasteiger partial charge is 0.383 e. The van der Waals surface area contributed by atoms with Crippen molar-refractivity contribution in [3.63, 3.8) is 0 Å². The zero-order chi connectivity index (χ0) is 21.8. The normalized spacial score (nSPS) is 20.8. The molecule has 0 aliphatic carbocycles. The second-order valence-corrected chi connectivity index (χ2v) is 8.02. The Morgan fingerprint density at radius 3 is 2.83 bits per heavy atom. The molecule has 2 heterocycles. The number of aryl methyl sites for hydroxylation is 1. The molecule has 3 rings (SSSR count). The third-order valence-electron chi connectivity index (χ3n) is 5.71. The van der Waals surface area contributed by atoms with Crippen LogP contribution in [0, 0.1) is 12.8 Å². The minimum Gasteiger partial charge on any atom is -0.383 e. The smallest absolute Gasteiger partial charge is 0.252 e. The fourth-order valence-corrected chi connectivity index (χ4v) is 3.71. The standard InChI is InChI=1S/C21H30N6O3/c1-4-14(3)19(28)21(30)26-10-16(22)8-18(26)20(29)24-9-15-7-13(2)5-6-17(15)27-12-23-11-25-27/h5-7,11-12,14,16,18-19,28H,4,8-10,22H2,1-3H3,(H,24,29)/t14-,16+,18?,19-/m1/s1. The quantitative estimate of drug-likeness (QED) is 0.607. The number of aliphatic hydroxyl groups excluding tert-OH is 1. The fraction of sp³-hybridized carbons (Fsp3) is 0.524. The summed E-state index contributed by atoms with van der Waals surface area (Å²) in [6, 6.07) is 4.89. The molecule has 0 radical (unpaired) electrons. The predicted octanol–water partition coefficient (Wildman–Crippen LogP) is 0.527. The van der Waals surface area contributed by atoms with Crippen LogP contribution in [0.5, 0.6) is 0 Å². The topological polar surface area (TPSA) is 126 Å². The van der Waals surface area contributed by atoms with Gasteiger partial charge in [-0.3, -0.25) is 9.59 Å². The van der Waals surface area contributed by atoms with Crippen molar-refractivity contribution < 1.29 is 14.7 Å². The highest BCUT2D eigenvalue weighted by Crippen LogP contribution is 2.21. The lowest BCUT2D eigenvalue weighted by atomic mass is 10.0. The van der Waals surface area contributed by atoms with Gasteiger partial charge in [0.25, 0.3) is 5.91 Å². The molecule has 1 saturated heterocycles. The van der Waals surface area contributed by atoms with Crippen LogP contribution in [-0.4, -0.2) is 61.3 Å². The minimum absolute atomic E-state index is 0.185. The SMILES string of the molecule is CC[C@@H](C)[C@@H](O)C(=O)N1C[C@@H](N)CC1C(=O)NCc1cc(C)ccc1-n1cncn1. The van der Waals surface area contributed by atoms with Crippen LogP contribution >= 0.6 is 0 Å². The first-order valence-electron chi connectivity index (χ1n) is 10.3. The van der Waals surface area contributed by atoms with Crippen LogP contribution in [0.25, 0.3) is 5.69 Å². The van der Waals surface area contributed by atoms with Gasteiger partial charge in [-0.2, -0.15) is 5.10 Å². The van der Waals surface area contributed by atoms with E-state index < -0.39 is 18.1 Å². The molecule has 1 aromatic heterocycles. The first-order chi connectivity index (χ1) is 14.3. The lowest BCUT2D eigenvalue weighted by Crippen LogP contribution is -2.50. The maximum Gasteiger partial charge on any atom is 0.252 e. The Morgan fingerprint density at radius 1 is 1.40 bits per heavy atom. The van der Waals surface area contributed by atoms with Crippen LogP contribution in [0.3, 0.4) is 0 Å². The average Bonchev–Trinajstić information content (AvgIpc) is 3.40. The molecule has 1 aliphatic heterocycles. The first kappa shape index (κ1) is 21.9. The van der Waals surface area contributed by atoms with E-state index >= 15 is 0 Å². The van der Waals surface area contributed by atoms with E-state index in [1.165, 1.54) is 11.2 Å². The summed E-state index contributed by atoms with van der Waals surface area (Å²) in [6.45, 7) is 6.24. The molecule has 0 spiro atoms. The summed E-state index contributed by atoms with van der Waals surface area (Å²) in [5, 5.41) is 17.4. The third-order valence-corrected chi connectivity index (χ3v) is 5.71. The molecule has 1 fully saturated rings. The van der Waals surface area contributed by atoms with Gasteiger partial charge in [-0.15, -0.1) is 0 Å². The highest BCUT2D eigenvalue weighted by molar-refractivity contribution is 5.90. The van der Waals surface area contributed by atoms with Crippen molar-refractivity contribution in [3.8, 4) is 5.69 Å². The van der Waals surface area contributed by atoms with Crippen LogP contribution in [0.4, 0.5) is 0 Å². The van der Waals surface area contributed by atoms with E-state index in [9.17, 15) is 14.7 Å². The van der Waals surface area contributed by atoms with Crippen LogP contribution in [0.1, 0.15) is 37.8 Å². The van der Waals surface area contributed by atoms with Crippen LogP contribution < -0.4 is 11.1 Å². The summed E-state index contributed by atoms with van der Waals surface area (Å²) < 4.78 is 1.64. The van der Waals surface area contributed by atoms with Crippen molar-refractivity contribution >= 4 is 11.8 Å². The van der Waals surface area contributed by atoms with Gasteiger partial charge in [0.05, 0.1) is 5.69 Å². The molecule has 2 aromatic rings. The van der Waals surface area contributed by atoms with Gasteiger partial charge in [0, 0.05) is 19.1 Å². The molecule has 162 valence electrons. The van der Waals surface area contributed by atoms with Crippen LogP contribution in [0.15, 0.2) is 30.9 Å². The maximum atomic E-state index is 12.9. The van der Waals surface area contributed by atoms with E-state index in [4.69, 9.17) is 5.73 Å². The number of likely N-dealkylation sites (tertiary alicyclic amines) is 1. The Bertz CT molecular complexity index is 885. The lowest BCUT2D eigenvalue weighted by molar-refractivity contribution is -0.147. The number of nitrogens with one attached hydrogen (secondary N) is 1. The molecule has 1 aromatic carbocycles. The van der Waals surface area contributed by atoms with E-state index in [1.54, 1.807) is 11.0 Å². The minimum atomic E-state index is -1.13. The predicted molar refractivity (Wildman–Crippen MR) is 111 cm³/mol. The summed E-state index contributed by atoms with van der Waals surface area (Å²) in [5.41, 5.74) is 8.80. The highest BCUT2D eigenvalue weighted by Gasteiger charge is 2.40. The third kappa shape index (κ3) is 4.68. The Balaban J connectivity index is 1.73. The molecular formula is C21H30N6O3. The molecule has 9 nitrogen and oxygen atoms in total. The second kappa shape index (κ2) is 9.36. The molecule has 30 heavy (non-hydrogen) atoms. The summed E-state index contributed by atoms with van der Waals surface area (Å²) in [5.74, 6) is -0.898. The van der Waals surface area contributed by atoms with Crippen molar-refractivity contribution in [1.82, 2.24) is 25.0 Å². The molecular weight excluding hydrogens is 384 g/mol. The fourth-order valence-electron chi connectivity index (χ4n) is 3.71. The molecule has 9 heteroatoms. The van der Waals surface area contributed by atoms with Crippen LogP contribution in [-0.2, 0) is 16.1 Å². The molecule has 1 unspecified atom stereocenters. The van der Waals surface area contributed by atoms with Gasteiger partial charge in [0.2, 0.25) is 5.91 Å². The van der Waals surface area contributed by atoms with Gasteiger partial charge in [-0.1, -0.05) is 38.0 Å². The molecule has 0 bridgehead atoms. The summed E-state index contributed by atoms with van der Waals surface area (Å²) in [6.07, 6.45) is 2.96. The van der Waals surface area contributed by atoms with Crippen LogP contribution in [0.2, 0.25) is 0 Å². The van der Waals surface area contributed by atoms with Gasteiger partial charge in [0.1, 0.15) is 24.8 Å². The average molecular weight is 415 g/mol. The van der Waals surface area contributed by atoms with E-state index in [-0.39, 0.29) is 31.0 Å². The van der Waals surface area contributed by atoms with Gasteiger partial charge in [-0.05, 0) is 30.9 Å². The van der Waals surface area contributed by atoms with Crippen molar-refractivity contribution in [3.05, 3.63) is 42.0 Å². The summed E-state index contributed by atoms with van der Waals surface area (Å²) in [7, 11) is 0. The molecule has 0 saturated carbocycles. The van der Waals surface area contributed by atoms with Crippen molar-refractivity contribution in [2.24, 2.45) is 11.7 Å². The van der Waals surface area contributed by atoms with Crippen molar-refractivity contribution in [2.75, 3.05) is 6.54 Å². The van der Waals surface area contributed by atoms with E-state index in [0.29, 0.717) is 12.8 Å². The zero-order valence-electron chi connectivity index (χ0n) is 17.7. The summed E-state index contributed by atoms with van der Waals surface area (Å²) >= 11 is 0. The highest BCUT2D eigenvalue weighted by atomic mass is 16.3. The Kier molecular flexibility index (Phi) is 6.84. The number of nitrogens with two attached hydrogens (primary N) is 1. The molecule has 4 atom stereocenters. The number of carbonyl (C=O) groups excluding carboxylic acids is 2. The first-order valence-corrected chi connectivity index (χ1v) is 10.3. The van der Waals surface area contributed by atoms with Gasteiger partial charge in [-0.25, -0.2) is 9.67 Å². The number of hydrogen-bond donors (Lipinski definition) is 3. The summed E-state index contributed by atoms with van der Waals surface area (Å²) in [4.78, 5) is 31.1. The number of aliphatic hydroxyl groups is 1. The monoisotopic (exact) mass is 414 g/mol. The number of rotatable bonds is 7. The number of carbonyl (C=O) groups is 2. The second-order valence-electron chi connectivity index (χ2n) is 8.02. The Hall–Kier alpha value is -2.78. The Morgan fingerprint density at radius 2 is 2.17 bits per heavy atom. The van der Waals surface area contributed by atoms with Gasteiger partial charge < -0.3 is 21.1 Å². The zero-order valence-corrected chi connectivity index (χ0v) is 17.7. The van der Waals surface area contributed by atoms with E-state index in [0.717, 1.165) is 16.8 Å². The lowest BCUT2D eigenvalue weighted by Gasteiger charge is -2.28. The van der Waals surface area contributed by atoms with Gasteiger partial charge in [0.15, 0.2) is 0 Å². The number of aromatic nitrogens is 3. The number of hydrogen-bond acceptors (Lipinski definition) is 6. The molecule has 2 amide bonds. The van der Waals surface area contributed by atoms with E-state index in [2.05, 4.69) is 15.4 Å². The molecule has 4 N–H and O–H groups in total. The van der Waals surface area contributed by atoms with Gasteiger partial charge >= 0.3 is 0 Å². The van der Waals surface area contributed by atoms with Crippen molar-refractivity contribution in [1.29, 1.82) is 0 Å². The number of nitrogens with zero attached hydrogens (tertiary/aromatic N) is 4. The molecule has 1 aliphatic rings.